The van der Waals surface area contributed by atoms with E-state index in [1.54, 1.807) is 43.3 Å². The van der Waals surface area contributed by atoms with Crippen LogP contribution >= 0.6 is 11.6 Å². The molecule has 2 aromatic rings. The third-order valence-electron chi connectivity index (χ3n) is 2.77. The van der Waals surface area contributed by atoms with Gasteiger partial charge in [0, 0.05) is 5.69 Å². The van der Waals surface area contributed by atoms with Crippen LogP contribution in [0.5, 0.6) is 5.75 Å². The van der Waals surface area contributed by atoms with E-state index < -0.39 is 0 Å². The molecule has 0 radical (unpaired) electrons. The fraction of sp³-hybridized carbons (Fsp3) is 0.200. The number of carbonyl (C=O) groups is 1. The van der Waals surface area contributed by atoms with Crippen molar-refractivity contribution in [2.75, 3.05) is 18.5 Å². The Balaban J connectivity index is 2.05. The number of nitrogens with zero attached hydrogens (tertiary/aromatic N) is 1. The molecule has 0 spiro atoms. The van der Waals surface area contributed by atoms with Gasteiger partial charge >= 0.3 is 0 Å². The third kappa shape index (κ3) is 4.18. The molecule has 0 atom stereocenters. The van der Waals surface area contributed by atoms with Crippen LogP contribution in [0, 0.1) is 6.92 Å². The number of amides is 1. The number of benzene rings is 1. The summed E-state index contributed by atoms with van der Waals surface area (Å²) in [4.78, 5) is 16.2. The number of pyridine rings is 1. The molecule has 0 saturated carbocycles. The Morgan fingerprint density at radius 3 is 2.62 bits per heavy atom. The number of rotatable bonds is 5. The van der Waals surface area contributed by atoms with E-state index in [-0.39, 0.29) is 19.1 Å². The lowest BCUT2D eigenvalue weighted by molar-refractivity contribution is 0.102. The summed E-state index contributed by atoms with van der Waals surface area (Å²) in [5, 5.41) is 11.8. The number of aryl methyl sites for hydroxylation is 1. The van der Waals surface area contributed by atoms with E-state index in [1.165, 1.54) is 0 Å². The molecule has 1 aromatic heterocycles. The first-order valence-electron chi connectivity index (χ1n) is 6.38. The lowest BCUT2D eigenvalue weighted by atomic mass is 10.2. The van der Waals surface area contributed by atoms with Gasteiger partial charge in [0.15, 0.2) is 0 Å². The van der Waals surface area contributed by atoms with Crippen molar-refractivity contribution in [3.63, 3.8) is 0 Å². The van der Waals surface area contributed by atoms with Gasteiger partial charge in [-0.1, -0.05) is 11.6 Å². The predicted octanol–water partition coefficient (Wildman–Crippen LogP) is 2.67. The first kappa shape index (κ1) is 15.3. The van der Waals surface area contributed by atoms with Gasteiger partial charge in [-0.2, -0.15) is 0 Å². The second-order valence-corrected chi connectivity index (χ2v) is 4.70. The van der Waals surface area contributed by atoms with Gasteiger partial charge < -0.3 is 15.2 Å². The molecule has 1 aromatic carbocycles. The lowest BCUT2D eigenvalue weighted by Gasteiger charge is -2.09. The number of aromatic nitrogens is 1. The van der Waals surface area contributed by atoms with Crippen molar-refractivity contribution in [2.24, 2.45) is 0 Å². The van der Waals surface area contributed by atoms with Crippen LogP contribution in [0.1, 0.15) is 16.1 Å². The Morgan fingerprint density at radius 2 is 2.00 bits per heavy atom. The maximum Gasteiger partial charge on any atom is 0.257 e. The Kier molecular flexibility index (Phi) is 5.14. The summed E-state index contributed by atoms with van der Waals surface area (Å²) in [6.07, 6.45) is 0. The number of carbonyl (C=O) groups excluding carboxylic acids is 1. The minimum atomic E-state index is -0.249. The number of halogens is 1. The molecule has 0 bridgehead atoms. The second-order valence-electron chi connectivity index (χ2n) is 4.32. The fourth-order valence-corrected chi connectivity index (χ4v) is 1.96. The van der Waals surface area contributed by atoms with E-state index in [0.717, 1.165) is 0 Å². The number of hydrogen-bond acceptors (Lipinski definition) is 4. The number of anilines is 1. The predicted molar refractivity (Wildman–Crippen MR) is 81.0 cm³/mol. The molecule has 0 saturated heterocycles. The van der Waals surface area contributed by atoms with Crippen molar-refractivity contribution < 1.29 is 14.6 Å². The average Bonchev–Trinajstić information content (AvgIpc) is 2.46. The zero-order valence-corrected chi connectivity index (χ0v) is 12.2. The molecule has 5 nitrogen and oxygen atoms in total. The first-order valence-corrected chi connectivity index (χ1v) is 6.76. The number of aliphatic hydroxyl groups is 1. The molecule has 0 aliphatic rings. The van der Waals surface area contributed by atoms with E-state index >= 15 is 0 Å². The van der Waals surface area contributed by atoms with E-state index in [2.05, 4.69) is 10.3 Å². The summed E-state index contributed by atoms with van der Waals surface area (Å²) in [6.45, 7) is 1.93. The van der Waals surface area contributed by atoms with E-state index in [4.69, 9.17) is 21.4 Å². The molecule has 2 N–H and O–H groups in total. The van der Waals surface area contributed by atoms with Crippen molar-refractivity contribution >= 4 is 23.2 Å². The molecule has 6 heteroatoms. The largest absolute Gasteiger partial charge is 0.491 e. The molecular weight excluding hydrogens is 292 g/mol. The van der Waals surface area contributed by atoms with Crippen LogP contribution in [-0.2, 0) is 0 Å². The molecule has 1 amide bonds. The summed E-state index contributed by atoms with van der Waals surface area (Å²) >= 11 is 5.77. The van der Waals surface area contributed by atoms with Crippen molar-refractivity contribution in [1.82, 2.24) is 4.98 Å². The van der Waals surface area contributed by atoms with Crippen LogP contribution in [0.15, 0.2) is 36.4 Å². The van der Waals surface area contributed by atoms with Crippen LogP contribution in [-0.4, -0.2) is 29.2 Å². The summed E-state index contributed by atoms with van der Waals surface area (Å²) in [5.41, 5.74) is 1.69. The van der Waals surface area contributed by atoms with E-state index in [9.17, 15) is 4.79 Å². The van der Waals surface area contributed by atoms with Crippen molar-refractivity contribution in [2.45, 2.75) is 6.92 Å². The molecular formula is C15H15ClN2O3. The van der Waals surface area contributed by atoms with Gasteiger partial charge in [0.1, 0.15) is 17.5 Å². The van der Waals surface area contributed by atoms with Crippen LogP contribution < -0.4 is 10.1 Å². The average molecular weight is 307 g/mol. The topological polar surface area (TPSA) is 71.5 Å². The van der Waals surface area contributed by atoms with Crippen molar-refractivity contribution in [3.05, 3.63) is 52.8 Å². The summed E-state index contributed by atoms with van der Waals surface area (Å²) in [6, 6.07) is 10.1. The van der Waals surface area contributed by atoms with Gasteiger partial charge in [-0.3, -0.25) is 4.79 Å². The zero-order chi connectivity index (χ0) is 15.2. The van der Waals surface area contributed by atoms with Gasteiger partial charge in [0.05, 0.1) is 17.9 Å². The Labute approximate surface area is 127 Å². The highest BCUT2D eigenvalue weighted by Crippen LogP contribution is 2.17. The molecule has 0 unspecified atom stereocenters. The lowest BCUT2D eigenvalue weighted by Crippen LogP contribution is -2.14. The zero-order valence-electron chi connectivity index (χ0n) is 11.5. The molecule has 0 aliphatic carbocycles. The van der Waals surface area contributed by atoms with Gasteiger partial charge in [-0.05, 0) is 43.3 Å². The van der Waals surface area contributed by atoms with Crippen molar-refractivity contribution in [1.29, 1.82) is 0 Å². The first-order chi connectivity index (χ1) is 10.1. The van der Waals surface area contributed by atoms with Gasteiger partial charge in [0.25, 0.3) is 5.91 Å². The summed E-state index contributed by atoms with van der Waals surface area (Å²) in [5.74, 6) is 0.382. The summed E-state index contributed by atoms with van der Waals surface area (Å²) < 4.78 is 5.24. The SMILES string of the molecule is Cc1nc(Cl)ccc1C(=O)Nc1ccc(OCCO)cc1. The van der Waals surface area contributed by atoms with Crippen LogP contribution in [0.2, 0.25) is 5.15 Å². The van der Waals surface area contributed by atoms with Crippen LogP contribution in [0.4, 0.5) is 5.69 Å². The maximum absolute atomic E-state index is 12.1. The number of nitrogens with one attached hydrogen (secondary N) is 1. The highest BCUT2D eigenvalue weighted by atomic mass is 35.5. The van der Waals surface area contributed by atoms with E-state index in [0.29, 0.717) is 27.8 Å². The van der Waals surface area contributed by atoms with Crippen molar-refractivity contribution in [3.8, 4) is 5.75 Å². The van der Waals surface area contributed by atoms with Gasteiger partial charge in [-0.25, -0.2) is 4.98 Å². The maximum atomic E-state index is 12.1. The molecule has 0 aliphatic heterocycles. The number of aliphatic hydroxyl groups excluding tert-OH is 1. The van der Waals surface area contributed by atoms with E-state index in [1.807, 2.05) is 0 Å². The van der Waals surface area contributed by atoms with Crippen LogP contribution in [0.3, 0.4) is 0 Å². The fourth-order valence-electron chi connectivity index (χ4n) is 1.77. The molecule has 2 rings (SSSR count). The highest BCUT2D eigenvalue weighted by molar-refractivity contribution is 6.29. The molecule has 0 fully saturated rings. The minimum Gasteiger partial charge on any atom is -0.491 e. The molecule has 110 valence electrons. The second kappa shape index (κ2) is 7.06. The number of hydrogen-bond donors (Lipinski definition) is 2. The monoisotopic (exact) mass is 306 g/mol. The minimum absolute atomic E-state index is 0.0403. The Bertz CT molecular complexity index is 629. The standard InChI is InChI=1S/C15H15ClN2O3/c1-10-13(6-7-14(16)17-10)15(20)18-11-2-4-12(5-3-11)21-9-8-19/h2-7,19H,8-9H2,1H3,(H,18,20). The summed E-state index contributed by atoms with van der Waals surface area (Å²) in [7, 11) is 0. The number of ether oxygens (including phenoxy) is 1. The smallest absolute Gasteiger partial charge is 0.257 e. The highest BCUT2D eigenvalue weighted by Gasteiger charge is 2.10. The third-order valence-corrected chi connectivity index (χ3v) is 2.98. The molecule has 1 heterocycles. The normalized spacial score (nSPS) is 10.2. The van der Waals surface area contributed by atoms with Gasteiger partial charge in [-0.15, -0.1) is 0 Å². The molecule has 21 heavy (non-hydrogen) atoms. The Morgan fingerprint density at radius 1 is 1.29 bits per heavy atom. The quantitative estimate of drug-likeness (QED) is 0.833. The van der Waals surface area contributed by atoms with Crippen LogP contribution in [0.25, 0.3) is 0 Å². The van der Waals surface area contributed by atoms with Gasteiger partial charge in [0.2, 0.25) is 0 Å². The Hall–Kier alpha value is -2.11.